The van der Waals surface area contributed by atoms with Crippen LogP contribution in [0.5, 0.6) is 0 Å². The number of nitrogens with one attached hydrogen (secondary N) is 1. The molecule has 0 saturated heterocycles. The zero-order chi connectivity index (χ0) is 13.1. The average molecular weight is 377 g/mol. The first-order valence-corrected chi connectivity index (χ1v) is 6.78. The van der Waals surface area contributed by atoms with E-state index < -0.39 is 0 Å². The van der Waals surface area contributed by atoms with E-state index in [1.165, 1.54) is 18.2 Å². The second kappa shape index (κ2) is 5.80. The van der Waals surface area contributed by atoms with Gasteiger partial charge in [-0.15, -0.1) is 0 Å². The topological polar surface area (TPSA) is 12.0 Å². The highest BCUT2D eigenvalue weighted by Crippen LogP contribution is 2.23. The molecule has 0 unspecified atom stereocenters. The van der Waals surface area contributed by atoms with Crippen molar-refractivity contribution in [3.8, 4) is 0 Å². The highest BCUT2D eigenvalue weighted by molar-refractivity contribution is 9.10. The predicted molar refractivity (Wildman–Crippen MR) is 75.5 cm³/mol. The number of halogens is 4. The van der Waals surface area contributed by atoms with Gasteiger partial charge in [-0.05, 0) is 35.9 Å². The second-order valence-electron chi connectivity index (χ2n) is 3.71. The van der Waals surface area contributed by atoms with E-state index in [1.807, 2.05) is 0 Å². The van der Waals surface area contributed by atoms with Gasteiger partial charge in [-0.1, -0.05) is 37.9 Å². The molecule has 0 radical (unpaired) electrons. The highest BCUT2D eigenvalue weighted by Gasteiger charge is 2.05. The lowest BCUT2D eigenvalue weighted by Crippen LogP contribution is -2.02. The van der Waals surface area contributed by atoms with Crippen molar-refractivity contribution in [2.45, 2.75) is 6.54 Å². The van der Waals surface area contributed by atoms with Crippen LogP contribution in [0, 0.1) is 11.6 Å². The Kier molecular flexibility index (Phi) is 4.35. The third-order valence-electron chi connectivity index (χ3n) is 2.41. The molecule has 94 valence electrons. The van der Waals surface area contributed by atoms with Gasteiger partial charge in [-0.3, -0.25) is 0 Å². The summed E-state index contributed by atoms with van der Waals surface area (Å²) in [6, 6.07) is 9.09. The van der Waals surface area contributed by atoms with Gasteiger partial charge in [0.1, 0.15) is 11.6 Å². The molecule has 0 aromatic heterocycles. The molecular weight excluding hydrogens is 368 g/mol. The summed E-state index contributed by atoms with van der Waals surface area (Å²) in [5.74, 6) is -0.629. The van der Waals surface area contributed by atoms with Crippen molar-refractivity contribution in [1.82, 2.24) is 0 Å². The Labute approximate surface area is 120 Å². The van der Waals surface area contributed by atoms with Crippen LogP contribution in [0.1, 0.15) is 5.56 Å². The molecule has 0 atom stereocenters. The second-order valence-corrected chi connectivity index (χ2v) is 5.48. The number of benzene rings is 2. The van der Waals surface area contributed by atoms with Gasteiger partial charge in [0.15, 0.2) is 0 Å². The fraction of sp³-hybridized carbons (Fsp3) is 0.0769. The molecule has 0 aliphatic heterocycles. The van der Waals surface area contributed by atoms with E-state index in [-0.39, 0.29) is 11.6 Å². The third kappa shape index (κ3) is 3.29. The van der Waals surface area contributed by atoms with Crippen LogP contribution in [0.25, 0.3) is 0 Å². The summed E-state index contributed by atoms with van der Waals surface area (Å²) < 4.78 is 27.8. The van der Waals surface area contributed by atoms with Crippen LogP contribution in [-0.4, -0.2) is 0 Å². The van der Waals surface area contributed by atoms with Crippen LogP contribution >= 0.6 is 31.9 Å². The van der Waals surface area contributed by atoms with E-state index in [2.05, 4.69) is 37.2 Å². The molecule has 2 aromatic rings. The zero-order valence-electron chi connectivity index (χ0n) is 9.18. The molecule has 0 bridgehead atoms. The average Bonchev–Trinajstić information content (AvgIpc) is 2.32. The van der Waals surface area contributed by atoms with E-state index in [9.17, 15) is 8.78 Å². The standard InChI is InChI=1S/C13H9Br2F2N/c14-9-2-4-12(17)13(5-9)18-7-8-1-3-10(16)6-11(8)15/h1-6,18H,7H2. The number of rotatable bonds is 3. The minimum atomic E-state index is -0.323. The lowest BCUT2D eigenvalue weighted by molar-refractivity contribution is 0.625. The summed E-state index contributed by atoms with van der Waals surface area (Å²) in [6.45, 7) is 0.411. The Bertz CT molecular complexity index is 573. The maximum atomic E-state index is 13.5. The molecule has 0 saturated carbocycles. The van der Waals surface area contributed by atoms with Crippen molar-refractivity contribution in [1.29, 1.82) is 0 Å². The molecule has 0 amide bonds. The fourth-order valence-corrected chi connectivity index (χ4v) is 2.34. The Morgan fingerprint density at radius 2 is 1.78 bits per heavy atom. The molecule has 0 aliphatic carbocycles. The third-order valence-corrected chi connectivity index (χ3v) is 3.64. The quantitative estimate of drug-likeness (QED) is 0.785. The van der Waals surface area contributed by atoms with Crippen LogP contribution in [0.2, 0.25) is 0 Å². The minimum Gasteiger partial charge on any atom is -0.379 e. The van der Waals surface area contributed by atoms with E-state index in [0.29, 0.717) is 16.7 Å². The predicted octanol–water partition coefficient (Wildman–Crippen LogP) is 5.10. The molecular formula is C13H9Br2F2N. The van der Waals surface area contributed by atoms with Gasteiger partial charge < -0.3 is 5.32 Å². The van der Waals surface area contributed by atoms with Crippen molar-refractivity contribution < 1.29 is 8.78 Å². The molecule has 0 heterocycles. The monoisotopic (exact) mass is 375 g/mol. The summed E-state index contributed by atoms with van der Waals surface area (Å²) in [7, 11) is 0. The molecule has 2 aromatic carbocycles. The lowest BCUT2D eigenvalue weighted by Gasteiger charge is -2.09. The van der Waals surface area contributed by atoms with Crippen molar-refractivity contribution in [3.63, 3.8) is 0 Å². The van der Waals surface area contributed by atoms with Crippen molar-refractivity contribution in [2.24, 2.45) is 0 Å². The van der Waals surface area contributed by atoms with Gasteiger partial charge in [0, 0.05) is 15.5 Å². The Hall–Kier alpha value is -0.940. The van der Waals surface area contributed by atoms with Crippen molar-refractivity contribution in [2.75, 3.05) is 5.32 Å². The first-order valence-electron chi connectivity index (χ1n) is 5.19. The Balaban J connectivity index is 2.13. The van der Waals surface area contributed by atoms with Crippen LogP contribution < -0.4 is 5.32 Å². The largest absolute Gasteiger partial charge is 0.379 e. The molecule has 0 aliphatic rings. The molecule has 2 rings (SSSR count). The van der Waals surface area contributed by atoms with Gasteiger partial charge in [0.2, 0.25) is 0 Å². The van der Waals surface area contributed by atoms with Gasteiger partial charge in [-0.25, -0.2) is 8.78 Å². The van der Waals surface area contributed by atoms with Crippen LogP contribution in [0.4, 0.5) is 14.5 Å². The van der Waals surface area contributed by atoms with Crippen molar-refractivity contribution >= 4 is 37.5 Å². The molecule has 18 heavy (non-hydrogen) atoms. The van der Waals surface area contributed by atoms with Crippen LogP contribution in [0.15, 0.2) is 45.3 Å². The summed E-state index contributed by atoms with van der Waals surface area (Å²) in [5.41, 5.74) is 1.26. The molecule has 1 N–H and O–H groups in total. The van der Waals surface area contributed by atoms with E-state index >= 15 is 0 Å². The van der Waals surface area contributed by atoms with Gasteiger partial charge in [0.05, 0.1) is 5.69 Å². The van der Waals surface area contributed by atoms with Crippen LogP contribution in [0.3, 0.4) is 0 Å². The number of hydrogen-bond acceptors (Lipinski definition) is 1. The summed E-state index contributed by atoms with van der Waals surface area (Å²) >= 11 is 6.55. The maximum absolute atomic E-state index is 13.5. The zero-order valence-corrected chi connectivity index (χ0v) is 12.4. The number of hydrogen-bond donors (Lipinski definition) is 1. The number of anilines is 1. The lowest BCUT2D eigenvalue weighted by atomic mass is 10.2. The summed E-state index contributed by atoms with van der Waals surface area (Å²) in [4.78, 5) is 0. The molecule has 5 heteroatoms. The fourth-order valence-electron chi connectivity index (χ4n) is 1.49. The SMILES string of the molecule is Fc1ccc(CNc2cc(Br)ccc2F)c(Br)c1. The first-order chi connectivity index (χ1) is 8.56. The Morgan fingerprint density at radius 1 is 1.00 bits per heavy atom. The normalized spacial score (nSPS) is 10.4. The van der Waals surface area contributed by atoms with E-state index in [1.54, 1.807) is 18.2 Å². The summed E-state index contributed by atoms with van der Waals surface area (Å²) in [6.07, 6.45) is 0. The van der Waals surface area contributed by atoms with Gasteiger partial charge >= 0.3 is 0 Å². The summed E-state index contributed by atoms with van der Waals surface area (Å²) in [5, 5.41) is 2.97. The van der Waals surface area contributed by atoms with Crippen molar-refractivity contribution in [3.05, 3.63) is 62.5 Å². The minimum absolute atomic E-state index is 0.306. The van der Waals surface area contributed by atoms with Crippen LogP contribution in [-0.2, 0) is 6.54 Å². The van der Waals surface area contributed by atoms with E-state index in [0.717, 1.165) is 10.0 Å². The van der Waals surface area contributed by atoms with Gasteiger partial charge in [0.25, 0.3) is 0 Å². The highest BCUT2D eigenvalue weighted by atomic mass is 79.9. The molecule has 0 spiro atoms. The van der Waals surface area contributed by atoms with E-state index in [4.69, 9.17) is 0 Å². The smallest absolute Gasteiger partial charge is 0.146 e. The maximum Gasteiger partial charge on any atom is 0.146 e. The van der Waals surface area contributed by atoms with Gasteiger partial charge in [-0.2, -0.15) is 0 Å². The first kappa shape index (κ1) is 13.5. The molecule has 1 nitrogen and oxygen atoms in total. The Morgan fingerprint density at radius 3 is 2.50 bits per heavy atom. The molecule has 0 fully saturated rings.